The summed E-state index contributed by atoms with van der Waals surface area (Å²) in [5.74, 6) is -0.864. The number of aromatic nitrogens is 1. The summed E-state index contributed by atoms with van der Waals surface area (Å²) in [6.45, 7) is 2.97. The van der Waals surface area contributed by atoms with Crippen LogP contribution in [0.5, 0.6) is 0 Å². The van der Waals surface area contributed by atoms with Gasteiger partial charge in [-0.25, -0.2) is 8.42 Å². The number of nitrogens with zero attached hydrogens (tertiary/aromatic N) is 2. The summed E-state index contributed by atoms with van der Waals surface area (Å²) in [7, 11) is -3.58. The van der Waals surface area contributed by atoms with E-state index in [9.17, 15) is 13.2 Å². The van der Waals surface area contributed by atoms with Crippen LogP contribution >= 0.6 is 0 Å². The molecule has 0 radical (unpaired) electrons. The van der Waals surface area contributed by atoms with Gasteiger partial charge in [-0.1, -0.05) is 12.1 Å². The first kappa shape index (κ1) is 16.7. The molecule has 1 aromatic carbocycles. The lowest BCUT2D eigenvalue weighted by atomic mass is 10.1. The lowest BCUT2D eigenvalue weighted by molar-refractivity contribution is -0.136. The second kappa shape index (κ2) is 6.41. The summed E-state index contributed by atoms with van der Waals surface area (Å²) in [4.78, 5) is 10.9. The maximum atomic E-state index is 12.9. The molecule has 0 fully saturated rings. The largest absolute Gasteiger partial charge is 0.481 e. The first-order valence-electron chi connectivity index (χ1n) is 7.87. The Bertz CT molecular complexity index is 840. The Kier molecular flexibility index (Phi) is 4.47. The zero-order valence-corrected chi connectivity index (χ0v) is 14.2. The van der Waals surface area contributed by atoms with E-state index in [-0.39, 0.29) is 17.4 Å². The molecule has 24 heavy (non-hydrogen) atoms. The standard InChI is InChI=1S/C17H20N2O4S/c1-13-16-3-2-10-18(16)11-12-19(13)24(22,23)15-7-4-14(5-8-15)6-9-17(20)21/h2-5,7-8,10,13H,6,9,11-12H2,1H3,(H,20,21)/t13-/m0/s1. The molecule has 1 aliphatic rings. The highest BCUT2D eigenvalue weighted by atomic mass is 32.2. The third kappa shape index (κ3) is 3.09. The molecule has 1 aliphatic heterocycles. The van der Waals surface area contributed by atoms with Crippen LogP contribution in [-0.4, -0.2) is 34.9 Å². The van der Waals surface area contributed by atoms with Gasteiger partial charge in [-0.15, -0.1) is 0 Å². The zero-order chi connectivity index (χ0) is 17.3. The number of benzene rings is 1. The zero-order valence-electron chi connectivity index (χ0n) is 13.4. The fourth-order valence-corrected chi connectivity index (χ4v) is 4.70. The summed E-state index contributed by atoms with van der Waals surface area (Å²) in [5, 5.41) is 8.72. The van der Waals surface area contributed by atoms with E-state index in [0.717, 1.165) is 11.3 Å². The highest BCUT2D eigenvalue weighted by Crippen LogP contribution is 2.31. The predicted molar refractivity (Wildman–Crippen MR) is 89.1 cm³/mol. The van der Waals surface area contributed by atoms with Gasteiger partial charge in [-0.2, -0.15) is 4.31 Å². The SMILES string of the molecule is C[C@H]1c2cccn2CCN1S(=O)(=O)c1ccc(CCC(=O)O)cc1. The normalized spacial score (nSPS) is 18.3. The van der Waals surface area contributed by atoms with E-state index in [1.807, 2.05) is 25.3 Å². The fraction of sp³-hybridized carbons (Fsp3) is 0.353. The molecular formula is C17H20N2O4S. The smallest absolute Gasteiger partial charge is 0.303 e. The summed E-state index contributed by atoms with van der Waals surface area (Å²) < 4.78 is 29.5. The van der Waals surface area contributed by atoms with Crippen molar-refractivity contribution in [1.82, 2.24) is 8.87 Å². The Morgan fingerprint density at radius 2 is 1.92 bits per heavy atom. The van der Waals surface area contributed by atoms with Gasteiger partial charge in [-0.3, -0.25) is 4.79 Å². The van der Waals surface area contributed by atoms with Crippen molar-refractivity contribution < 1.29 is 18.3 Å². The molecule has 1 N–H and O–H groups in total. The monoisotopic (exact) mass is 348 g/mol. The third-order valence-electron chi connectivity index (χ3n) is 4.44. The van der Waals surface area contributed by atoms with E-state index < -0.39 is 16.0 Å². The van der Waals surface area contributed by atoms with Crippen LogP contribution in [-0.2, 0) is 27.8 Å². The van der Waals surface area contributed by atoms with Crippen molar-refractivity contribution in [2.24, 2.45) is 0 Å². The second-order valence-corrected chi connectivity index (χ2v) is 7.85. The van der Waals surface area contributed by atoms with Crippen molar-refractivity contribution in [3.8, 4) is 0 Å². The van der Waals surface area contributed by atoms with Gasteiger partial charge in [0, 0.05) is 31.4 Å². The highest BCUT2D eigenvalue weighted by molar-refractivity contribution is 7.89. The summed E-state index contributed by atoms with van der Waals surface area (Å²) in [6, 6.07) is 10.2. The molecule has 7 heteroatoms. The molecule has 1 aromatic heterocycles. The van der Waals surface area contributed by atoms with Crippen molar-refractivity contribution in [1.29, 1.82) is 0 Å². The molecular weight excluding hydrogens is 328 g/mol. The molecule has 0 saturated carbocycles. The van der Waals surface area contributed by atoms with Crippen molar-refractivity contribution in [3.63, 3.8) is 0 Å². The number of carboxylic acid groups (broad SMARTS) is 1. The third-order valence-corrected chi connectivity index (χ3v) is 6.43. The quantitative estimate of drug-likeness (QED) is 0.899. The summed E-state index contributed by atoms with van der Waals surface area (Å²) >= 11 is 0. The van der Waals surface area contributed by atoms with Gasteiger partial charge in [0.15, 0.2) is 0 Å². The molecule has 128 valence electrons. The Balaban J connectivity index is 1.82. The molecule has 3 rings (SSSR count). The van der Waals surface area contributed by atoms with Crippen molar-refractivity contribution >= 4 is 16.0 Å². The average molecular weight is 348 g/mol. The maximum absolute atomic E-state index is 12.9. The second-order valence-electron chi connectivity index (χ2n) is 5.96. The number of hydrogen-bond donors (Lipinski definition) is 1. The molecule has 2 heterocycles. The molecule has 6 nitrogen and oxygen atoms in total. The first-order valence-corrected chi connectivity index (χ1v) is 9.31. The topological polar surface area (TPSA) is 79.6 Å². The van der Waals surface area contributed by atoms with E-state index in [0.29, 0.717) is 19.5 Å². The highest BCUT2D eigenvalue weighted by Gasteiger charge is 2.33. The predicted octanol–water partition coefficient (Wildman–Crippen LogP) is 2.27. The van der Waals surface area contributed by atoms with Gasteiger partial charge < -0.3 is 9.67 Å². The molecule has 0 unspecified atom stereocenters. The van der Waals surface area contributed by atoms with Gasteiger partial charge in [0.1, 0.15) is 0 Å². The number of sulfonamides is 1. The van der Waals surface area contributed by atoms with E-state index >= 15 is 0 Å². The van der Waals surface area contributed by atoms with Crippen LogP contribution in [0.25, 0.3) is 0 Å². The number of aryl methyl sites for hydroxylation is 1. The molecule has 2 aromatic rings. The lowest BCUT2D eigenvalue weighted by Gasteiger charge is -2.33. The van der Waals surface area contributed by atoms with E-state index in [1.165, 1.54) is 4.31 Å². The molecule has 0 aliphatic carbocycles. The Morgan fingerprint density at radius 3 is 2.58 bits per heavy atom. The molecule has 0 bridgehead atoms. The van der Waals surface area contributed by atoms with Crippen LogP contribution < -0.4 is 0 Å². The van der Waals surface area contributed by atoms with Gasteiger partial charge in [0.05, 0.1) is 10.9 Å². The minimum absolute atomic E-state index is 0.0340. The Hall–Kier alpha value is -2.12. The van der Waals surface area contributed by atoms with Crippen LogP contribution in [0.4, 0.5) is 0 Å². The number of rotatable bonds is 5. The molecule has 0 saturated heterocycles. The van der Waals surface area contributed by atoms with Crippen LogP contribution in [0.2, 0.25) is 0 Å². The average Bonchev–Trinajstić information content (AvgIpc) is 3.03. The number of carbonyl (C=O) groups is 1. The molecule has 1 atom stereocenters. The minimum atomic E-state index is -3.58. The first-order chi connectivity index (χ1) is 11.4. The van der Waals surface area contributed by atoms with Crippen LogP contribution in [0.3, 0.4) is 0 Å². The lowest BCUT2D eigenvalue weighted by Crippen LogP contribution is -2.40. The van der Waals surface area contributed by atoms with Crippen molar-refractivity contribution in [2.75, 3.05) is 6.54 Å². The van der Waals surface area contributed by atoms with Gasteiger partial charge >= 0.3 is 5.97 Å². The molecule has 0 spiro atoms. The number of carboxylic acids is 1. The van der Waals surface area contributed by atoms with Crippen LogP contribution in [0.1, 0.15) is 30.6 Å². The number of hydrogen-bond acceptors (Lipinski definition) is 3. The van der Waals surface area contributed by atoms with Gasteiger partial charge in [0.25, 0.3) is 0 Å². The van der Waals surface area contributed by atoms with Gasteiger partial charge in [-0.05, 0) is 43.2 Å². The van der Waals surface area contributed by atoms with E-state index in [1.54, 1.807) is 24.3 Å². The summed E-state index contributed by atoms with van der Waals surface area (Å²) in [6.07, 6.45) is 2.39. The number of aliphatic carboxylic acids is 1. The van der Waals surface area contributed by atoms with Crippen molar-refractivity contribution in [3.05, 3.63) is 53.9 Å². The summed E-state index contributed by atoms with van der Waals surface area (Å²) in [5.41, 5.74) is 1.81. The molecule has 0 amide bonds. The Labute approximate surface area is 141 Å². The van der Waals surface area contributed by atoms with Crippen LogP contribution in [0.15, 0.2) is 47.5 Å². The van der Waals surface area contributed by atoms with E-state index in [2.05, 4.69) is 4.57 Å². The van der Waals surface area contributed by atoms with Crippen LogP contribution in [0, 0.1) is 0 Å². The van der Waals surface area contributed by atoms with Gasteiger partial charge in [0.2, 0.25) is 10.0 Å². The van der Waals surface area contributed by atoms with E-state index in [4.69, 9.17) is 5.11 Å². The minimum Gasteiger partial charge on any atom is -0.481 e. The maximum Gasteiger partial charge on any atom is 0.303 e. The fourth-order valence-electron chi connectivity index (χ4n) is 3.10. The van der Waals surface area contributed by atoms with Crippen molar-refractivity contribution in [2.45, 2.75) is 37.2 Å². The number of fused-ring (bicyclic) bond motifs is 1. The Morgan fingerprint density at radius 1 is 1.21 bits per heavy atom.